The summed E-state index contributed by atoms with van der Waals surface area (Å²) in [6.45, 7) is 3.89. The number of hydrogen-bond acceptors (Lipinski definition) is 4. The Kier molecular flexibility index (Phi) is 9.03. The van der Waals surface area contributed by atoms with Gasteiger partial charge in [0.2, 0.25) is 10.0 Å². The SMILES string of the molecule is CCC(c1ccccc1)N(Cc1ccc(C(=O)C[C@H](C)CO)cc1)S(=O)(=O)c1ccc(Cl)cc1. The second kappa shape index (κ2) is 11.8. The molecule has 0 bridgehead atoms. The third-order valence-electron chi connectivity index (χ3n) is 5.80. The van der Waals surface area contributed by atoms with Gasteiger partial charge in [-0.2, -0.15) is 4.31 Å². The van der Waals surface area contributed by atoms with Gasteiger partial charge in [-0.3, -0.25) is 4.79 Å². The van der Waals surface area contributed by atoms with Crippen molar-refractivity contribution in [2.75, 3.05) is 6.61 Å². The summed E-state index contributed by atoms with van der Waals surface area (Å²) in [5.74, 6) is -0.155. The number of aliphatic hydroxyl groups is 1. The first kappa shape index (κ1) is 26.1. The number of aliphatic hydroxyl groups excluding tert-OH is 1. The van der Waals surface area contributed by atoms with E-state index in [1.807, 2.05) is 44.2 Å². The maximum atomic E-state index is 13.8. The second-order valence-corrected chi connectivity index (χ2v) is 10.8. The first-order valence-electron chi connectivity index (χ1n) is 11.3. The molecule has 0 radical (unpaired) electrons. The number of hydrogen-bond donors (Lipinski definition) is 1. The van der Waals surface area contributed by atoms with E-state index in [-0.39, 0.29) is 42.2 Å². The largest absolute Gasteiger partial charge is 0.396 e. The van der Waals surface area contributed by atoms with Crippen LogP contribution < -0.4 is 0 Å². The van der Waals surface area contributed by atoms with Crippen molar-refractivity contribution < 1.29 is 18.3 Å². The summed E-state index contributed by atoms with van der Waals surface area (Å²) in [6, 6.07) is 22.4. The van der Waals surface area contributed by atoms with Crippen LogP contribution in [-0.2, 0) is 16.6 Å². The lowest BCUT2D eigenvalue weighted by atomic mass is 9.99. The fourth-order valence-electron chi connectivity index (χ4n) is 3.86. The van der Waals surface area contributed by atoms with Crippen LogP contribution >= 0.6 is 11.6 Å². The lowest BCUT2D eigenvalue weighted by Crippen LogP contribution is -2.34. The molecule has 2 atom stereocenters. The number of ketones is 1. The van der Waals surface area contributed by atoms with Gasteiger partial charge in [-0.1, -0.05) is 80.0 Å². The van der Waals surface area contributed by atoms with Gasteiger partial charge >= 0.3 is 0 Å². The van der Waals surface area contributed by atoms with Crippen molar-refractivity contribution in [1.82, 2.24) is 4.31 Å². The highest BCUT2D eigenvalue weighted by Crippen LogP contribution is 2.32. The molecule has 1 N–H and O–H groups in total. The Bertz CT molecular complexity index is 1180. The summed E-state index contributed by atoms with van der Waals surface area (Å²) >= 11 is 5.99. The molecule has 0 aromatic heterocycles. The Labute approximate surface area is 207 Å². The average molecular weight is 500 g/mol. The minimum absolute atomic E-state index is 0.0424. The van der Waals surface area contributed by atoms with Crippen LogP contribution in [0.3, 0.4) is 0 Å². The number of nitrogens with zero attached hydrogens (tertiary/aromatic N) is 1. The highest BCUT2D eigenvalue weighted by atomic mass is 35.5. The Balaban J connectivity index is 1.96. The number of sulfonamides is 1. The van der Waals surface area contributed by atoms with Gasteiger partial charge in [0.25, 0.3) is 0 Å². The Hall–Kier alpha value is -2.51. The molecule has 0 aliphatic carbocycles. The topological polar surface area (TPSA) is 74.7 Å². The van der Waals surface area contributed by atoms with E-state index in [0.29, 0.717) is 17.0 Å². The van der Waals surface area contributed by atoms with Gasteiger partial charge in [-0.05, 0) is 47.7 Å². The zero-order chi connectivity index (χ0) is 24.7. The monoisotopic (exact) mass is 499 g/mol. The quantitative estimate of drug-likeness (QED) is 0.334. The predicted molar refractivity (Wildman–Crippen MR) is 135 cm³/mol. The van der Waals surface area contributed by atoms with Gasteiger partial charge in [-0.25, -0.2) is 8.42 Å². The smallest absolute Gasteiger partial charge is 0.243 e. The van der Waals surface area contributed by atoms with E-state index in [9.17, 15) is 18.3 Å². The lowest BCUT2D eigenvalue weighted by Gasteiger charge is -2.31. The second-order valence-electron chi connectivity index (χ2n) is 8.45. The van der Waals surface area contributed by atoms with E-state index in [4.69, 9.17) is 11.6 Å². The fourth-order valence-corrected chi connectivity index (χ4v) is 5.66. The van der Waals surface area contributed by atoms with Gasteiger partial charge in [0.15, 0.2) is 5.78 Å². The predicted octanol–water partition coefficient (Wildman–Crippen LogP) is 5.88. The van der Waals surface area contributed by atoms with Gasteiger partial charge < -0.3 is 5.11 Å². The molecule has 180 valence electrons. The van der Waals surface area contributed by atoms with E-state index >= 15 is 0 Å². The third kappa shape index (κ3) is 6.33. The Morgan fingerprint density at radius 2 is 1.59 bits per heavy atom. The number of benzene rings is 3. The molecule has 0 amide bonds. The number of rotatable bonds is 11. The molecule has 3 aromatic carbocycles. The van der Waals surface area contributed by atoms with Crippen molar-refractivity contribution in [3.05, 3.63) is 101 Å². The van der Waals surface area contributed by atoms with Crippen LogP contribution in [0.1, 0.15) is 54.2 Å². The normalized spacial score (nSPS) is 13.6. The maximum absolute atomic E-state index is 13.8. The summed E-state index contributed by atoms with van der Waals surface area (Å²) in [5, 5.41) is 9.68. The molecule has 0 heterocycles. The first-order valence-corrected chi connectivity index (χ1v) is 13.1. The van der Waals surface area contributed by atoms with Crippen LogP contribution in [0.5, 0.6) is 0 Å². The molecule has 0 saturated carbocycles. The van der Waals surface area contributed by atoms with Crippen LogP contribution in [0.25, 0.3) is 0 Å². The molecular weight excluding hydrogens is 470 g/mol. The van der Waals surface area contributed by atoms with Gasteiger partial charge in [0, 0.05) is 30.2 Å². The molecule has 0 fully saturated rings. The first-order chi connectivity index (χ1) is 16.3. The molecule has 34 heavy (non-hydrogen) atoms. The van der Waals surface area contributed by atoms with Crippen molar-refractivity contribution in [3.63, 3.8) is 0 Å². The van der Waals surface area contributed by atoms with Crippen molar-refractivity contribution in [2.24, 2.45) is 5.92 Å². The van der Waals surface area contributed by atoms with Crippen molar-refractivity contribution in [1.29, 1.82) is 0 Å². The standard InChI is InChI=1S/C27H30ClNO4S/c1-3-26(22-7-5-4-6-8-22)29(34(32,33)25-15-13-24(28)14-16-25)18-21-9-11-23(12-10-21)27(31)17-20(2)19-30/h4-16,20,26,30H,3,17-19H2,1-2H3/t20-,26?/m0/s1. The van der Waals surface area contributed by atoms with E-state index in [0.717, 1.165) is 11.1 Å². The summed E-state index contributed by atoms with van der Waals surface area (Å²) in [4.78, 5) is 12.6. The van der Waals surface area contributed by atoms with E-state index < -0.39 is 10.0 Å². The van der Waals surface area contributed by atoms with Crippen molar-refractivity contribution in [2.45, 2.75) is 44.2 Å². The van der Waals surface area contributed by atoms with Crippen LogP contribution in [0.15, 0.2) is 83.8 Å². The highest BCUT2D eigenvalue weighted by molar-refractivity contribution is 7.89. The zero-order valence-electron chi connectivity index (χ0n) is 19.4. The number of halogens is 1. The molecule has 3 rings (SSSR count). The molecule has 0 saturated heterocycles. The molecule has 3 aromatic rings. The average Bonchev–Trinajstić information content (AvgIpc) is 2.85. The Morgan fingerprint density at radius 3 is 2.15 bits per heavy atom. The summed E-state index contributed by atoms with van der Waals surface area (Å²) in [7, 11) is -3.84. The van der Waals surface area contributed by atoms with Crippen molar-refractivity contribution >= 4 is 27.4 Å². The molecule has 1 unspecified atom stereocenters. The molecule has 7 heteroatoms. The fraction of sp³-hybridized carbons (Fsp3) is 0.296. The third-order valence-corrected chi connectivity index (χ3v) is 7.92. The molecular formula is C27H30ClNO4S. The number of carbonyl (C=O) groups is 1. The maximum Gasteiger partial charge on any atom is 0.243 e. The van der Waals surface area contributed by atoms with E-state index in [2.05, 4.69) is 0 Å². The van der Waals surface area contributed by atoms with Crippen LogP contribution in [0.4, 0.5) is 0 Å². The van der Waals surface area contributed by atoms with E-state index in [1.54, 1.807) is 36.4 Å². The molecule has 0 aliphatic heterocycles. The minimum atomic E-state index is -3.84. The molecule has 5 nitrogen and oxygen atoms in total. The summed E-state index contributed by atoms with van der Waals surface area (Å²) in [5.41, 5.74) is 2.23. The van der Waals surface area contributed by atoms with Crippen molar-refractivity contribution in [3.8, 4) is 0 Å². The van der Waals surface area contributed by atoms with Crippen LogP contribution in [-0.4, -0.2) is 30.2 Å². The summed E-state index contributed by atoms with van der Waals surface area (Å²) in [6.07, 6.45) is 0.852. The lowest BCUT2D eigenvalue weighted by molar-refractivity contribution is 0.0943. The van der Waals surface area contributed by atoms with Crippen LogP contribution in [0, 0.1) is 5.92 Å². The van der Waals surface area contributed by atoms with Gasteiger partial charge in [-0.15, -0.1) is 0 Å². The Morgan fingerprint density at radius 1 is 0.971 bits per heavy atom. The zero-order valence-corrected chi connectivity index (χ0v) is 21.0. The number of carbonyl (C=O) groups excluding carboxylic acids is 1. The van der Waals surface area contributed by atoms with Crippen LogP contribution in [0.2, 0.25) is 5.02 Å². The highest BCUT2D eigenvalue weighted by Gasteiger charge is 2.31. The number of Topliss-reactive ketones (excluding diaryl/α,β-unsaturated/α-hetero) is 1. The van der Waals surface area contributed by atoms with Gasteiger partial charge in [0.05, 0.1) is 10.9 Å². The summed E-state index contributed by atoms with van der Waals surface area (Å²) < 4.78 is 29.0. The molecule has 0 aliphatic rings. The van der Waals surface area contributed by atoms with E-state index in [1.165, 1.54) is 16.4 Å². The van der Waals surface area contributed by atoms with Gasteiger partial charge in [0.1, 0.15) is 0 Å². The minimum Gasteiger partial charge on any atom is -0.396 e. The molecule has 0 spiro atoms.